The Bertz CT molecular complexity index is 536. The van der Waals surface area contributed by atoms with E-state index < -0.39 is 17.9 Å². The number of methoxy groups -OCH3 is 1. The number of carboxylic acids is 1. The van der Waals surface area contributed by atoms with E-state index in [0.29, 0.717) is 26.1 Å². The number of carbonyl (C=O) groups is 1. The smallest absolute Gasteiger partial charge is 0.303 e. The van der Waals surface area contributed by atoms with Crippen molar-refractivity contribution in [1.82, 2.24) is 0 Å². The Kier molecular flexibility index (Phi) is 12.5. The molecule has 0 amide bonds. The lowest BCUT2D eigenvalue weighted by molar-refractivity contribution is -0.171. The van der Waals surface area contributed by atoms with Crippen molar-refractivity contribution in [2.75, 3.05) is 26.9 Å². The van der Waals surface area contributed by atoms with Gasteiger partial charge < -0.3 is 28.9 Å². The van der Waals surface area contributed by atoms with Crippen LogP contribution in [-0.2, 0) is 23.5 Å². The molecule has 0 radical (unpaired) electrons. The van der Waals surface area contributed by atoms with E-state index >= 15 is 0 Å². The van der Waals surface area contributed by atoms with Crippen LogP contribution >= 0.6 is 9.47 Å². The number of unbranched alkanes of at least 4 members (excludes halogenated alkanes) is 3. The molecule has 0 aromatic heterocycles. The Hall–Kier alpha value is -0.560. The quantitative estimate of drug-likeness (QED) is 0.204. The maximum Gasteiger partial charge on any atom is 0.303 e. The summed E-state index contributed by atoms with van der Waals surface area (Å²) in [5, 5.41) is 19.4. The Balaban J connectivity index is 1.87. The zero-order valence-corrected chi connectivity index (χ0v) is 20.0. The summed E-state index contributed by atoms with van der Waals surface area (Å²) < 4.78 is 22.9. The van der Waals surface area contributed by atoms with Crippen LogP contribution in [0, 0.1) is 11.8 Å². The molecule has 1 heterocycles. The molecule has 1 saturated heterocycles. The fraction of sp³-hybridized carbons (Fsp3) is 0.870. The molecule has 1 aliphatic heterocycles. The lowest BCUT2D eigenvalue weighted by Gasteiger charge is -2.31. The average molecular weight is 461 g/mol. The molecule has 8 heteroatoms. The summed E-state index contributed by atoms with van der Waals surface area (Å²) in [6.45, 7) is 2.06. The van der Waals surface area contributed by atoms with Crippen molar-refractivity contribution in [3.05, 3.63) is 12.2 Å². The minimum atomic E-state index is -0.760. The topological polar surface area (TPSA) is 94.5 Å². The molecule has 1 saturated carbocycles. The van der Waals surface area contributed by atoms with Crippen molar-refractivity contribution in [3.8, 4) is 0 Å². The van der Waals surface area contributed by atoms with Crippen molar-refractivity contribution >= 4 is 15.4 Å². The van der Waals surface area contributed by atoms with Crippen LogP contribution < -0.4 is 0 Å². The van der Waals surface area contributed by atoms with Gasteiger partial charge in [-0.25, -0.2) is 0 Å². The molecule has 2 N–H and O–H groups in total. The van der Waals surface area contributed by atoms with Gasteiger partial charge in [-0.1, -0.05) is 18.6 Å². The molecule has 2 fully saturated rings. The van der Waals surface area contributed by atoms with Gasteiger partial charge in [0, 0.05) is 48.9 Å². The highest BCUT2D eigenvalue weighted by Gasteiger charge is 2.44. The largest absolute Gasteiger partial charge is 0.481 e. The minimum absolute atomic E-state index is 0.00515. The van der Waals surface area contributed by atoms with Crippen LogP contribution in [0.5, 0.6) is 0 Å². The molecule has 2 aliphatic rings. The lowest BCUT2D eigenvalue weighted by atomic mass is 9.85. The monoisotopic (exact) mass is 460 g/mol. The van der Waals surface area contributed by atoms with Crippen LogP contribution in [0.4, 0.5) is 0 Å². The summed E-state index contributed by atoms with van der Waals surface area (Å²) in [4.78, 5) is 10.6. The number of rotatable bonds is 16. The maximum atomic E-state index is 10.6. The van der Waals surface area contributed by atoms with E-state index in [1.165, 1.54) is 0 Å². The van der Waals surface area contributed by atoms with Crippen molar-refractivity contribution in [1.29, 1.82) is 0 Å². The molecule has 1 aliphatic carbocycles. The molecule has 4 unspecified atom stereocenters. The molecule has 7 nitrogen and oxygen atoms in total. The molecule has 5 atom stereocenters. The van der Waals surface area contributed by atoms with E-state index in [0.717, 1.165) is 58.0 Å². The second-order valence-corrected chi connectivity index (χ2v) is 9.02. The van der Waals surface area contributed by atoms with E-state index in [1.54, 1.807) is 7.11 Å². The Morgan fingerprint density at radius 1 is 1.13 bits per heavy atom. The summed E-state index contributed by atoms with van der Waals surface area (Å²) in [7, 11) is 4.09. The first kappa shape index (κ1) is 26.7. The predicted octanol–water partition coefficient (Wildman–Crippen LogP) is 4.09. The number of aliphatic hydroxyl groups is 1. The Morgan fingerprint density at radius 2 is 1.90 bits per heavy atom. The van der Waals surface area contributed by atoms with Crippen LogP contribution in [0.3, 0.4) is 0 Å². The zero-order chi connectivity index (χ0) is 22.5. The fourth-order valence-corrected chi connectivity index (χ4v) is 5.21. The first-order chi connectivity index (χ1) is 15.0. The van der Waals surface area contributed by atoms with Crippen molar-refractivity contribution in [2.45, 2.75) is 88.6 Å². The van der Waals surface area contributed by atoms with E-state index in [2.05, 4.69) is 15.5 Å². The van der Waals surface area contributed by atoms with Crippen LogP contribution in [-0.4, -0.2) is 61.1 Å². The van der Waals surface area contributed by atoms with Gasteiger partial charge >= 0.3 is 5.97 Å². The molecular weight excluding hydrogens is 419 g/mol. The third-order valence-electron chi connectivity index (χ3n) is 6.58. The SMILES string of the molecule is COCCCCCC1(CC[C@H]2C(OP)CC(O)C2CC=CCCCC(=O)O)OCCO1. The third kappa shape index (κ3) is 9.07. The van der Waals surface area contributed by atoms with E-state index in [4.69, 9.17) is 23.8 Å². The molecule has 2 rings (SSSR count). The summed E-state index contributed by atoms with van der Waals surface area (Å²) in [6, 6.07) is 0. The molecule has 0 bridgehead atoms. The lowest BCUT2D eigenvalue weighted by Crippen LogP contribution is -2.33. The summed E-state index contributed by atoms with van der Waals surface area (Å²) in [5.74, 6) is -0.914. The van der Waals surface area contributed by atoms with Gasteiger partial charge in [0.2, 0.25) is 0 Å². The molecular formula is C23H41O7P. The third-order valence-corrected chi connectivity index (χ3v) is 6.93. The number of aliphatic hydroxyl groups excluding tert-OH is 1. The molecule has 0 aromatic rings. The number of ether oxygens (including phenoxy) is 3. The van der Waals surface area contributed by atoms with Gasteiger partial charge in [0.25, 0.3) is 0 Å². The van der Waals surface area contributed by atoms with Gasteiger partial charge in [0.1, 0.15) is 0 Å². The Morgan fingerprint density at radius 3 is 2.58 bits per heavy atom. The van der Waals surface area contributed by atoms with Crippen molar-refractivity contribution in [2.24, 2.45) is 11.8 Å². The van der Waals surface area contributed by atoms with Gasteiger partial charge in [-0.2, -0.15) is 0 Å². The summed E-state index contributed by atoms with van der Waals surface area (Å²) in [6.07, 6.45) is 12.5. The minimum Gasteiger partial charge on any atom is -0.481 e. The summed E-state index contributed by atoms with van der Waals surface area (Å²) in [5.41, 5.74) is 0. The highest BCUT2D eigenvalue weighted by atomic mass is 31.0. The van der Waals surface area contributed by atoms with E-state index in [-0.39, 0.29) is 24.4 Å². The van der Waals surface area contributed by atoms with Crippen molar-refractivity contribution in [3.63, 3.8) is 0 Å². The first-order valence-corrected chi connectivity index (χ1v) is 12.2. The zero-order valence-electron chi connectivity index (χ0n) is 18.9. The number of allylic oxidation sites excluding steroid dienone is 2. The molecule has 31 heavy (non-hydrogen) atoms. The van der Waals surface area contributed by atoms with Gasteiger partial charge in [-0.05, 0) is 50.4 Å². The van der Waals surface area contributed by atoms with Crippen molar-refractivity contribution < 1.29 is 33.7 Å². The Labute approximate surface area is 189 Å². The van der Waals surface area contributed by atoms with Gasteiger partial charge in [-0.15, -0.1) is 0 Å². The number of carboxylic acid groups (broad SMARTS) is 1. The van der Waals surface area contributed by atoms with E-state index in [1.807, 2.05) is 6.08 Å². The molecule has 180 valence electrons. The number of aliphatic carboxylic acids is 1. The number of hydrogen-bond acceptors (Lipinski definition) is 6. The standard InChI is InChI=1S/C23H41O7P/c1-27-14-8-4-7-12-23(28-15-16-29-23)13-11-19-18(20(24)17-21(19)30-31)9-5-2-3-6-10-22(25)26/h2,5,18-21,24H,3-4,6-17,31H2,1H3,(H,25,26)/t18?,19-,20?,21?/m1/s1. The first-order valence-electron chi connectivity index (χ1n) is 11.7. The normalized spacial score (nSPS) is 28.0. The highest BCUT2D eigenvalue weighted by molar-refractivity contribution is 7.09. The van der Waals surface area contributed by atoms with Gasteiger partial charge in [0.15, 0.2) is 5.79 Å². The van der Waals surface area contributed by atoms with Gasteiger partial charge in [0.05, 0.1) is 25.4 Å². The van der Waals surface area contributed by atoms with Crippen LogP contribution in [0.25, 0.3) is 0 Å². The van der Waals surface area contributed by atoms with Crippen LogP contribution in [0.15, 0.2) is 12.2 Å². The van der Waals surface area contributed by atoms with E-state index in [9.17, 15) is 9.90 Å². The fourth-order valence-electron chi connectivity index (χ4n) is 4.89. The predicted molar refractivity (Wildman–Crippen MR) is 122 cm³/mol. The average Bonchev–Trinajstić information content (AvgIpc) is 3.33. The van der Waals surface area contributed by atoms with Crippen LogP contribution in [0.1, 0.15) is 70.6 Å². The highest BCUT2D eigenvalue weighted by Crippen LogP contribution is 2.43. The maximum absolute atomic E-state index is 10.6. The molecule has 0 spiro atoms. The second kappa shape index (κ2) is 14.6. The van der Waals surface area contributed by atoms with Crippen LogP contribution in [0.2, 0.25) is 0 Å². The van der Waals surface area contributed by atoms with Gasteiger partial charge in [-0.3, -0.25) is 4.79 Å². The second-order valence-electron chi connectivity index (χ2n) is 8.75. The number of hydrogen-bond donors (Lipinski definition) is 2. The summed E-state index contributed by atoms with van der Waals surface area (Å²) >= 11 is 0. The molecule has 0 aromatic carbocycles.